The molecule has 0 unspecified atom stereocenters. The molecular weight excluding hydrogens is 312 g/mol. The molecule has 0 bridgehead atoms. The number of aromatic nitrogens is 1. The minimum atomic E-state index is -0.156. The first-order valence-corrected chi connectivity index (χ1v) is 9.05. The van der Waals surface area contributed by atoms with Gasteiger partial charge in [0.2, 0.25) is 5.91 Å². The second-order valence-electron chi connectivity index (χ2n) is 6.05. The number of nitrogens with zero attached hydrogens (tertiary/aromatic N) is 3. The topological polar surface area (TPSA) is 65.5 Å². The maximum Gasteiger partial charge on any atom is 0.317 e. The summed E-state index contributed by atoms with van der Waals surface area (Å²) in [4.78, 5) is 33.5. The Balaban J connectivity index is 1.84. The highest BCUT2D eigenvalue weighted by Crippen LogP contribution is 2.20. The average Bonchev–Trinajstić information content (AvgIpc) is 2.88. The molecule has 1 N–H and O–H groups in total. The van der Waals surface area contributed by atoms with Crippen LogP contribution in [0.1, 0.15) is 42.5 Å². The number of hydrogen-bond acceptors (Lipinski definition) is 4. The molecule has 2 rings (SSSR count). The Labute approximate surface area is 141 Å². The van der Waals surface area contributed by atoms with Crippen LogP contribution in [-0.2, 0) is 4.79 Å². The summed E-state index contributed by atoms with van der Waals surface area (Å²) in [6.45, 7) is 8.99. The van der Waals surface area contributed by atoms with E-state index < -0.39 is 0 Å². The molecule has 1 atom stereocenters. The van der Waals surface area contributed by atoms with Gasteiger partial charge < -0.3 is 15.1 Å². The monoisotopic (exact) mass is 338 g/mol. The predicted octanol–water partition coefficient (Wildman–Crippen LogP) is 2.21. The summed E-state index contributed by atoms with van der Waals surface area (Å²) >= 11 is 1.66. The van der Waals surface area contributed by atoms with E-state index in [0.29, 0.717) is 13.1 Å². The summed E-state index contributed by atoms with van der Waals surface area (Å²) in [5, 5.41) is 3.97. The van der Waals surface area contributed by atoms with Crippen molar-refractivity contribution in [3.63, 3.8) is 0 Å². The molecule has 0 aromatic carbocycles. The highest BCUT2D eigenvalue weighted by molar-refractivity contribution is 7.11. The van der Waals surface area contributed by atoms with E-state index in [0.717, 1.165) is 30.9 Å². The SMILES string of the molecule is CCCN1CCCN(C(=O)NC[C@@H](C)c2ncc(C)s2)CC1=O. The van der Waals surface area contributed by atoms with Crippen LogP contribution >= 0.6 is 11.3 Å². The summed E-state index contributed by atoms with van der Waals surface area (Å²) in [7, 11) is 0. The zero-order chi connectivity index (χ0) is 16.8. The van der Waals surface area contributed by atoms with Crippen molar-refractivity contribution >= 4 is 23.3 Å². The van der Waals surface area contributed by atoms with E-state index in [4.69, 9.17) is 0 Å². The van der Waals surface area contributed by atoms with Crippen LogP contribution in [0.15, 0.2) is 6.20 Å². The van der Waals surface area contributed by atoms with Crippen LogP contribution in [0.25, 0.3) is 0 Å². The molecular formula is C16H26N4O2S. The molecule has 0 aliphatic carbocycles. The molecule has 1 fully saturated rings. The number of carbonyl (C=O) groups is 2. The number of thiazole rings is 1. The Morgan fingerprint density at radius 1 is 1.48 bits per heavy atom. The van der Waals surface area contributed by atoms with Crippen molar-refractivity contribution in [3.05, 3.63) is 16.1 Å². The maximum absolute atomic E-state index is 12.3. The maximum atomic E-state index is 12.3. The van der Waals surface area contributed by atoms with Crippen LogP contribution in [0.4, 0.5) is 4.79 Å². The summed E-state index contributed by atoms with van der Waals surface area (Å²) < 4.78 is 0. The van der Waals surface area contributed by atoms with Gasteiger partial charge in [-0.15, -0.1) is 11.3 Å². The second-order valence-corrected chi connectivity index (χ2v) is 7.32. The first-order valence-electron chi connectivity index (χ1n) is 8.24. The Morgan fingerprint density at radius 3 is 2.91 bits per heavy atom. The molecule has 1 aliphatic rings. The number of hydrogen-bond donors (Lipinski definition) is 1. The van der Waals surface area contributed by atoms with Crippen LogP contribution in [0.2, 0.25) is 0 Å². The third-order valence-electron chi connectivity index (χ3n) is 3.94. The fourth-order valence-corrected chi connectivity index (χ4v) is 3.46. The van der Waals surface area contributed by atoms with Gasteiger partial charge in [0.25, 0.3) is 0 Å². The fourth-order valence-electron chi connectivity index (χ4n) is 2.64. The molecule has 3 amide bonds. The highest BCUT2D eigenvalue weighted by atomic mass is 32.1. The lowest BCUT2D eigenvalue weighted by Gasteiger charge is -2.22. The van der Waals surface area contributed by atoms with Crippen molar-refractivity contribution < 1.29 is 9.59 Å². The van der Waals surface area contributed by atoms with Gasteiger partial charge in [-0.1, -0.05) is 13.8 Å². The van der Waals surface area contributed by atoms with Crippen LogP contribution in [-0.4, -0.2) is 59.4 Å². The minimum absolute atomic E-state index is 0.0445. The molecule has 0 saturated carbocycles. The lowest BCUT2D eigenvalue weighted by atomic mass is 10.2. The number of rotatable bonds is 5. The van der Waals surface area contributed by atoms with E-state index in [1.165, 1.54) is 4.88 Å². The van der Waals surface area contributed by atoms with Crippen molar-refractivity contribution in [2.45, 2.75) is 39.5 Å². The summed E-state index contributed by atoms with van der Waals surface area (Å²) in [6, 6.07) is -0.156. The van der Waals surface area contributed by atoms with Crippen molar-refractivity contribution in [3.8, 4) is 0 Å². The predicted molar refractivity (Wildman–Crippen MR) is 91.7 cm³/mol. The Morgan fingerprint density at radius 2 is 2.26 bits per heavy atom. The number of aryl methyl sites for hydroxylation is 1. The van der Waals surface area contributed by atoms with E-state index in [2.05, 4.69) is 24.1 Å². The summed E-state index contributed by atoms with van der Waals surface area (Å²) in [5.74, 6) is 0.222. The fraction of sp³-hybridized carbons (Fsp3) is 0.688. The molecule has 1 aromatic rings. The second kappa shape index (κ2) is 8.29. The number of nitrogens with one attached hydrogen (secondary N) is 1. The van der Waals surface area contributed by atoms with E-state index in [-0.39, 0.29) is 24.4 Å². The molecule has 23 heavy (non-hydrogen) atoms. The third-order valence-corrected chi connectivity index (χ3v) is 5.08. The van der Waals surface area contributed by atoms with Crippen LogP contribution in [0.5, 0.6) is 0 Å². The highest BCUT2D eigenvalue weighted by Gasteiger charge is 2.24. The summed E-state index contributed by atoms with van der Waals surface area (Å²) in [5.41, 5.74) is 0. The van der Waals surface area contributed by atoms with E-state index >= 15 is 0 Å². The van der Waals surface area contributed by atoms with Gasteiger partial charge in [-0.2, -0.15) is 0 Å². The Bertz CT molecular complexity index is 546. The Kier molecular flexibility index (Phi) is 6.38. The lowest BCUT2D eigenvalue weighted by Crippen LogP contribution is -2.45. The minimum Gasteiger partial charge on any atom is -0.341 e. The molecule has 6 nitrogen and oxygen atoms in total. The van der Waals surface area contributed by atoms with Gasteiger partial charge in [0.1, 0.15) is 6.54 Å². The quantitative estimate of drug-likeness (QED) is 0.895. The zero-order valence-electron chi connectivity index (χ0n) is 14.2. The molecule has 1 aromatic heterocycles. The first-order chi connectivity index (χ1) is 11.0. The largest absolute Gasteiger partial charge is 0.341 e. The number of amides is 3. The van der Waals surface area contributed by atoms with E-state index in [1.807, 2.05) is 18.0 Å². The summed E-state index contributed by atoms with van der Waals surface area (Å²) in [6.07, 6.45) is 3.64. The molecule has 0 radical (unpaired) electrons. The van der Waals surface area contributed by atoms with Crippen molar-refractivity contribution in [1.29, 1.82) is 0 Å². The zero-order valence-corrected chi connectivity index (χ0v) is 15.0. The lowest BCUT2D eigenvalue weighted by molar-refractivity contribution is -0.130. The van der Waals surface area contributed by atoms with Crippen LogP contribution in [0.3, 0.4) is 0 Å². The third kappa shape index (κ3) is 4.92. The van der Waals surface area contributed by atoms with Gasteiger partial charge in [-0.05, 0) is 19.8 Å². The van der Waals surface area contributed by atoms with Crippen molar-refractivity contribution in [1.82, 2.24) is 20.1 Å². The molecule has 7 heteroatoms. The first kappa shape index (κ1) is 17.7. The van der Waals surface area contributed by atoms with Crippen LogP contribution in [0, 0.1) is 6.92 Å². The van der Waals surface area contributed by atoms with Crippen LogP contribution < -0.4 is 5.32 Å². The molecule has 1 saturated heterocycles. The molecule has 0 spiro atoms. The van der Waals surface area contributed by atoms with Gasteiger partial charge in [0.05, 0.1) is 5.01 Å². The smallest absolute Gasteiger partial charge is 0.317 e. The van der Waals surface area contributed by atoms with E-state index in [9.17, 15) is 9.59 Å². The van der Waals surface area contributed by atoms with Crippen molar-refractivity contribution in [2.75, 3.05) is 32.7 Å². The molecule has 2 heterocycles. The standard InChI is InChI=1S/C16H26N4O2S/c1-4-6-19-7-5-8-20(11-14(19)21)16(22)18-9-12(2)15-17-10-13(3)23-15/h10,12H,4-9,11H2,1-3H3,(H,18,22)/t12-/m1/s1. The van der Waals surface area contributed by atoms with Gasteiger partial charge in [0.15, 0.2) is 0 Å². The normalized spacial score (nSPS) is 17.1. The Hall–Kier alpha value is -1.63. The van der Waals surface area contributed by atoms with Crippen molar-refractivity contribution in [2.24, 2.45) is 0 Å². The molecule has 1 aliphatic heterocycles. The van der Waals surface area contributed by atoms with Gasteiger partial charge >= 0.3 is 6.03 Å². The molecule has 128 valence electrons. The van der Waals surface area contributed by atoms with Gasteiger partial charge in [0, 0.05) is 43.2 Å². The number of urea groups is 1. The van der Waals surface area contributed by atoms with Gasteiger partial charge in [-0.25, -0.2) is 9.78 Å². The van der Waals surface area contributed by atoms with E-state index in [1.54, 1.807) is 16.2 Å². The van der Waals surface area contributed by atoms with Gasteiger partial charge in [-0.3, -0.25) is 4.79 Å². The number of carbonyl (C=O) groups excluding carboxylic acids is 2. The average molecular weight is 338 g/mol.